The molecule has 2 rings (SSSR count). The molecule has 1 aliphatic rings. The Bertz CT molecular complexity index is 544. The zero-order chi connectivity index (χ0) is 13.9. The fraction of sp³-hybridized carbons (Fsp3) is 0.583. The van der Waals surface area contributed by atoms with Gasteiger partial charge >= 0.3 is 5.97 Å². The van der Waals surface area contributed by atoms with Gasteiger partial charge in [0.2, 0.25) is 10.0 Å². The fourth-order valence-corrected chi connectivity index (χ4v) is 4.58. The number of sulfonamides is 1. The zero-order valence-electron chi connectivity index (χ0n) is 10.5. The summed E-state index contributed by atoms with van der Waals surface area (Å²) in [4.78, 5) is 10.7. The molecular weight excluding hydrogens is 286 g/mol. The first-order chi connectivity index (χ1) is 8.99. The zero-order valence-corrected chi connectivity index (χ0v) is 12.1. The van der Waals surface area contributed by atoms with Crippen molar-refractivity contribution in [2.45, 2.75) is 36.3 Å². The van der Waals surface area contributed by atoms with Gasteiger partial charge in [0.15, 0.2) is 0 Å². The topological polar surface area (TPSA) is 83.5 Å². The Morgan fingerprint density at radius 2 is 2.11 bits per heavy atom. The van der Waals surface area contributed by atoms with Crippen LogP contribution in [0.25, 0.3) is 0 Å². The molecule has 0 bridgehead atoms. The highest BCUT2D eigenvalue weighted by molar-refractivity contribution is 7.91. The van der Waals surface area contributed by atoms with Crippen molar-refractivity contribution in [3.05, 3.63) is 17.0 Å². The number of hydrogen-bond donors (Lipinski definition) is 2. The molecule has 1 aromatic rings. The third kappa shape index (κ3) is 3.77. The summed E-state index contributed by atoms with van der Waals surface area (Å²) in [7, 11) is -3.56. The number of aromatic carboxylic acids is 1. The van der Waals surface area contributed by atoms with E-state index in [0.29, 0.717) is 12.5 Å². The van der Waals surface area contributed by atoms with Crippen LogP contribution >= 0.6 is 11.3 Å². The highest BCUT2D eigenvalue weighted by Gasteiger charge is 2.20. The lowest BCUT2D eigenvalue weighted by Crippen LogP contribution is -2.25. The number of nitrogens with one attached hydrogen (secondary N) is 1. The maximum Gasteiger partial charge on any atom is 0.336 e. The van der Waals surface area contributed by atoms with Crippen LogP contribution in [0.5, 0.6) is 0 Å². The Morgan fingerprint density at radius 3 is 2.68 bits per heavy atom. The minimum atomic E-state index is -3.56. The van der Waals surface area contributed by atoms with Gasteiger partial charge in [-0.1, -0.05) is 25.7 Å². The average Bonchev–Trinajstić information content (AvgIpc) is 2.99. The number of carbonyl (C=O) groups is 1. The van der Waals surface area contributed by atoms with Gasteiger partial charge < -0.3 is 5.11 Å². The lowest BCUT2D eigenvalue weighted by Gasteiger charge is -2.09. The molecule has 1 fully saturated rings. The molecule has 0 atom stereocenters. The van der Waals surface area contributed by atoms with Gasteiger partial charge in [-0.05, 0) is 18.4 Å². The summed E-state index contributed by atoms with van der Waals surface area (Å²) in [5.74, 6) is -0.482. The van der Waals surface area contributed by atoms with Gasteiger partial charge in [0.25, 0.3) is 0 Å². The summed E-state index contributed by atoms with van der Waals surface area (Å²) in [6.07, 6.45) is 5.71. The minimum absolute atomic E-state index is 0.0150. The van der Waals surface area contributed by atoms with Crippen LogP contribution < -0.4 is 4.72 Å². The molecule has 0 spiro atoms. The Labute approximate surface area is 116 Å². The predicted molar refractivity (Wildman–Crippen MR) is 73.0 cm³/mol. The van der Waals surface area contributed by atoms with E-state index in [2.05, 4.69) is 4.72 Å². The molecule has 1 aliphatic carbocycles. The third-order valence-electron chi connectivity index (χ3n) is 3.41. The molecule has 0 unspecified atom stereocenters. The Hall–Kier alpha value is -0.920. The van der Waals surface area contributed by atoms with Gasteiger partial charge in [-0.15, -0.1) is 11.3 Å². The summed E-state index contributed by atoms with van der Waals surface area (Å²) < 4.78 is 26.5. The molecule has 0 saturated heterocycles. The van der Waals surface area contributed by atoms with Crippen molar-refractivity contribution < 1.29 is 18.3 Å². The molecular formula is C12H17NO4S2. The van der Waals surface area contributed by atoms with E-state index in [1.165, 1.54) is 37.1 Å². The van der Waals surface area contributed by atoms with Gasteiger partial charge in [0.05, 0.1) is 5.56 Å². The van der Waals surface area contributed by atoms with Crippen molar-refractivity contribution in [3.8, 4) is 0 Å². The second-order valence-corrected chi connectivity index (χ2v) is 7.70. The lowest BCUT2D eigenvalue weighted by molar-refractivity contribution is 0.0697. The van der Waals surface area contributed by atoms with E-state index in [1.807, 2.05) is 0 Å². The quantitative estimate of drug-likeness (QED) is 0.844. The summed E-state index contributed by atoms with van der Waals surface area (Å²) in [5, 5.41) is 10.1. The SMILES string of the molecule is O=C(O)c1csc(S(=O)(=O)NCCC2CCCC2)c1. The molecule has 0 amide bonds. The summed E-state index contributed by atoms with van der Waals surface area (Å²) in [6.45, 7) is 0.424. The first-order valence-electron chi connectivity index (χ1n) is 6.30. The average molecular weight is 303 g/mol. The van der Waals surface area contributed by atoms with Gasteiger partial charge in [-0.2, -0.15) is 0 Å². The van der Waals surface area contributed by atoms with Crippen LogP contribution in [0.1, 0.15) is 42.5 Å². The summed E-state index contributed by atoms with van der Waals surface area (Å²) >= 11 is 0.936. The number of carboxylic acids is 1. The summed E-state index contributed by atoms with van der Waals surface area (Å²) in [6, 6.07) is 1.20. The molecule has 1 heterocycles. The molecule has 7 heteroatoms. The van der Waals surface area contributed by atoms with Crippen molar-refractivity contribution >= 4 is 27.3 Å². The third-order valence-corrected chi connectivity index (χ3v) is 6.31. The molecule has 1 aromatic heterocycles. The molecule has 2 N–H and O–H groups in total. The van der Waals surface area contributed by atoms with Crippen LogP contribution in [0.3, 0.4) is 0 Å². The molecule has 19 heavy (non-hydrogen) atoms. The minimum Gasteiger partial charge on any atom is -0.478 e. The van der Waals surface area contributed by atoms with E-state index in [0.717, 1.165) is 17.8 Å². The molecule has 0 aromatic carbocycles. The standard InChI is InChI=1S/C12H17NO4S2/c14-12(15)10-7-11(18-8-10)19(16,17)13-6-5-9-3-1-2-4-9/h7-9,13H,1-6H2,(H,14,15). The highest BCUT2D eigenvalue weighted by Crippen LogP contribution is 2.27. The Kier molecular flexibility index (Phi) is 4.59. The Morgan fingerprint density at radius 1 is 1.42 bits per heavy atom. The first-order valence-corrected chi connectivity index (χ1v) is 8.67. The van der Waals surface area contributed by atoms with Gasteiger partial charge in [0, 0.05) is 11.9 Å². The van der Waals surface area contributed by atoms with E-state index in [4.69, 9.17) is 5.11 Å². The summed E-state index contributed by atoms with van der Waals surface area (Å²) in [5.41, 5.74) is 0.0150. The largest absolute Gasteiger partial charge is 0.478 e. The van der Waals surface area contributed by atoms with Gasteiger partial charge in [-0.25, -0.2) is 17.9 Å². The number of thiophene rings is 1. The van der Waals surface area contributed by atoms with E-state index < -0.39 is 16.0 Å². The van der Waals surface area contributed by atoms with E-state index >= 15 is 0 Å². The van der Waals surface area contributed by atoms with Crippen LogP contribution in [0.2, 0.25) is 0 Å². The van der Waals surface area contributed by atoms with E-state index in [-0.39, 0.29) is 9.77 Å². The highest BCUT2D eigenvalue weighted by atomic mass is 32.2. The normalized spacial score (nSPS) is 16.8. The van der Waals surface area contributed by atoms with Crippen molar-refractivity contribution in [2.24, 2.45) is 5.92 Å². The van der Waals surface area contributed by atoms with Crippen LogP contribution in [0.4, 0.5) is 0 Å². The number of hydrogen-bond acceptors (Lipinski definition) is 4. The van der Waals surface area contributed by atoms with Crippen LogP contribution in [-0.4, -0.2) is 26.0 Å². The van der Waals surface area contributed by atoms with Crippen molar-refractivity contribution in [1.29, 1.82) is 0 Å². The van der Waals surface area contributed by atoms with E-state index in [9.17, 15) is 13.2 Å². The predicted octanol–water partition coefficient (Wildman–Crippen LogP) is 2.30. The van der Waals surface area contributed by atoms with Crippen molar-refractivity contribution in [1.82, 2.24) is 4.72 Å². The van der Waals surface area contributed by atoms with Crippen molar-refractivity contribution in [3.63, 3.8) is 0 Å². The van der Waals surface area contributed by atoms with Crippen molar-refractivity contribution in [2.75, 3.05) is 6.54 Å². The van der Waals surface area contributed by atoms with E-state index in [1.54, 1.807) is 0 Å². The molecule has 5 nitrogen and oxygen atoms in total. The second-order valence-electron chi connectivity index (χ2n) is 4.80. The maximum absolute atomic E-state index is 11.9. The molecule has 1 saturated carbocycles. The van der Waals surface area contributed by atoms with Crippen LogP contribution in [0.15, 0.2) is 15.7 Å². The maximum atomic E-state index is 11.9. The smallest absolute Gasteiger partial charge is 0.336 e. The Balaban J connectivity index is 1.91. The molecule has 0 aliphatic heterocycles. The first kappa shape index (κ1) is 14.5. The van der Waals surface area contributed by atoms with Gasteiger partial charge in [-0.3, -0.25) is 0 Å². The molecule has 0 radical (unpaired) electrons. The van der Waals surface area contributed by atoms with Gasteiger partial charge in [0.1, 0.15) is 4.21 Å². The fourth-order valence-electron chi connectivity index (χ4n) is 2.34. The van der Waals surface area contributed by atoms with Crippen LogP contribution in [0, 0.1) is 5.92 Å². The lowest BCUT2D eigenvalue weighted by atomic mass is 10.1. The molecule has 106 valence electrons. The number of rotatable bonds is 6. The second kappa shape index (κ2) is 6.02. The number of carboxylic acid groups (broad SMARTS) is 1. The monoisotopic (exact) mass is 303 g/mol. The van der Waals surface area contributed by atoms with Crippen LogP contribution in [-0.2, 0) is 10.0 Å².